The van der Waals surface area contributed by atoms with Crippen LogP contribution in [0.3, 0.4) is 0 Å². The second kappa shape index (κ2) is 18.6. The predicted octanol–water partition coefficient (Wildman–Crippen LogP) is 11.0. The van der Waals surface area contributed by atoms with Gasteiger partial charge in [-0.05, 0) is 23.7 Å². The van der Waals surface area contributed by atoms with Crippen molar-refractivity contribution in [2.45, 2.75) is 79.1 Å². The summed E-state index contributed by atoms with van der Waals surface area (Å²) in [6.45, 7) is 21.1. The fourth-order valence-corrected chi connectivity index (χ4v) is 4.24. The monoisotopic (exact) mass is 618 g/mol. The third-order valence-electron chi connectivity index (χ3n) is 6.19. The molecule has 0 aliphatic carbocycles. The summed E-state index contributed by atoms with van der Waals surface area (Å²) >= 11 is 1.36. The molecule has 0 nitrogen and oxygen atoms in total. The number of rotatable bonds is 4. The number of halogens is 2. The first kappa shape index (κ1) is 39.8. The molecule has 0 spiro atoms. The Kier molecular flexibility index (Phi) is 20.6. The Hall–Kier alpha value is -0.660. The average molecular weight is 621 g/mol. The van der Waals surface area contributed by atoms with Crippen molar-refractivity contribution in [3.05, 3.63) is 97.8 Å². The summed E-state index contributed by atoms with van der Waals surface area (Å²) in [5, 5.41) is 5.67. The molecule has 0 unspecified atom stereocenters. The summed E-state index contributed by atoms with van der Waals surface area (Å²) in [6.07, 6.45) is 0. The maximum absolute atomic E-state index is 3.06. The van der Waals surface area contributed by atoms with Crippen LogP contribution in [0.15, 0.2) is 60.7 Å². The molecular formula is C32H46Cl2SiZr-4. The molecule has 4 aromatic carbocycles. The zero-order valence-corrected chi connectivity index (χ0v) is 29.0. The maximum atomic E-state index is 3.06. The van der Waals surface area contributed by atoms with Crippen molar-refractivity contribution in [2.75, 3.05) is 0 Å². The molecule has 0 aliphatic heterocycles. The average Bonchev–Trinajstić information content (AvgIpc) is 3.39. The summed E-state index contributed by atoms with van der Waals surface area (Å²) in [4.78, 5) is 0. The Bertz CT molecular complexity index is 1050. The summed E-state index contributed by atoms with van der Waals surface area (Å²) in [5.41, 5.74) is 5.86. The van der Waals surface area contributed by atoms with Crippen molar-refractivity contribution < 1.29 is 23.3 Å². The van der Waals surface area contributed by atoms with Gasteiger partial charge in [0.1, 0.15) is 0 Å². The first-order valence-electron chi connectivity index (χ1n) is 11.8. The Morgan fingerprint density at radius 1 is 0.556 bits per heavy atom. The summed E-state index contributed by atoms with van der Waals surface area (Å²) < 4.78 is 0. The molecule has 0 bridgehead atoms. The molecule has 2 radical (unpaired) electrons. The second-order valence-electron chi connectivity index (χ2n) is 9.90. The number of benzene rings is 2. The van der Waals surface area contributed by atoms with Crippen LogP contribution in [0.2, 0.25) is 0 Å². The minimum atomic E-state index is 0. The van der Waals surface area contributed by atoms with Crippen molar-refractivity contribution in [2.24, 2.45) is 0 Å². The molecule has 0 saturated carbocycles. The van der Waals surface area contributed by atoms with E-state index < -0.39 is 0 Å². The SMILES string of the molecule is CC(C)c1cc2c(C(C)C)cccc2[cH-]1.CC(C)c1cc2c(C(C)C)cccc2[cH-]1.Cl.Cl.[CH3-].[CH3-].[Si]=[Zr]. The van der Waals surface area contributed by atoms with Crippen molar-refractivity contribution >= 4 is 53.2 Å². The Labute approximate surface area is 251 Å². The first-order chi connectivity index (χ1) is 15.2. The van der Waals surface area contributed by atoms with Gasteiger partial charge >= 0.3 is 30.2 Å². The molecule has 0 fully saturated rings. The molecule has 4 aromatic rings. The summed E-state index contributed by atoms with van der Waals surface area (Å²) in [7, 11) is 0. The standard InChI is InChI=1S/2C15H19.2CH3.2ClH.Si.Zr/c2*1-10(2)13-8-12-6-5-7-14(11(3)4)15(12)9-13;;;;;;/h2*5-11H,1-4H3;2*1H3;2*1H;;/q4*-1;;;;. The number of fused-ring (bicyclic) bond motifs is 2. The van der Waals surface area contributed by atoms with Crippen LogP contribution in [-0.4, -0.2) is 6.88 Å². The van der Waals surface area contributed by atoms with Crippen molar-refractivity contribution in [1.29, 1.82) is 0 Å². The number of hydrogen-bond acceptors (Lipinski definition) is 0. The Morgan fingerprint density at radius 3 is 1.11 bits per heavy atom. The predicted molar refractivity (Wildman–Crippen MR) is 169 cm³/mol. The van der Waals surface area contributed by atoms with Gasteiger partial charge in [0, 0.05) is 0 Å². The van der Waals surface area contributed by atoms with Gasteiger partial charge in [0.25, 0.3) is 0 Å². The molecule has 4 heteroatoms. The molecule has 0 aliphatic rings. The van der Waals surface area contributed by atoms with E-state index in [-0.39, 0.29) is 39.7 Å². The van der Waals surface area contributed by atoms with Crippen LogP contribution in [-0.2, 0) is 23.3 Å². The molecule has 4 rings (SSSR count). The molecule has 36 heavy (non-hydrogen) atoms. The molecular weight excluding hydrogens is 575 g/mol. The topological polar surface area (TPSA) is 0 Å². The fourth-order valence-electron chi connectivity index (χ4n) is 4.24. The van der Waals surface area contributed by atoms with E-state index in [1.165, 1.54) is 67.1 Å². The van der Waals surface area contributed by atoms with Gasteiger partial charge in [-0.1, -0.05) is 78.6 Å². The third-order valence-corrected chi connectivity index (χ3v) is 6.19. The molecule has 0 amide bonds. The van der Waals surface area contributed by atoms with Crippen molar-refractivity contribution in [3.8, 4) is 0 Å². The van der Waals surface area contributed by atoms with Crippen molar-refractivity contribution in [1.82, 2.24) is 0 Å². The molecule has 0 saturated heterocycles. The number of hydrogen-bond donors (Lipinski definition) is 0. The zero-order chi connectivity index (χ0) is 24.0. The quantitative estimate of drug-likeness (QED) is 0.157. The van der Waals surface area contributed by atoms with E-state index in [9.17, 15) is 0 Å². The minimum absolute atomic E-state index is 0. The van der Waals surface area contributed by atoms with Crippen LogP contribution in [0, 0.1) is 14.9 Å². The van der Waals surface area contributed by atoms with Crippen LogP contribution >= 0.6 is 24.8 Å². The van der Waals surface area contributed by atoms with Gasteiger partial charge in [-0.2, -0.15) is 12.1 Å². The van der Waals surface area contributed by atoms with E-state index in [0.29, 0.717) is 23.7 Å². The van der Waals surface area contributed by atoms with Crippen LogP contribution in [0.25, 0.3) is 21.5 Å². The van der Waals surface area contributed by atoms with Gasteiger partial charge < -0.3 is 14.9 Å². The first-order valence-corrected chi connectivity index (χ1v) is 16.0. The Morgan fingerprint density at radius 2 is 0.861 bits per heavy atom. The van der Waals surface area contributed by atoms with Crippen LogP contribution in [0.1, 0.15) is 101 Å². The van der Waals surface area contributed by atoms with Gasteiger partial charge in [0.05, 0.1) is 0 Å². The van der Waals surface area contributed by atoms with E-state index >= 15 is 0 Å². The van der Waals surface area contributed by atoms with E-state index in [0.717, 1.165) is 0 Å². The molecule has 0 aromatic heterocycles. The summed E-state index contributed by atoms with van der Waals surface area (Å²) in [6, 6.07) is 22.6. The second-order valence-corrected chi connectivity index (χ2v) is 9.90. The molecule has 200 valence electrons. The third kappa shape index (κ3) is 9.90. The van der Waals surface area contributed by atoms with E-state index in [1.807, 2.05) is 0 Å². The summed E-state index contributed by atoms with van der Waals surface area (Å²) in [5.74, 6) is 2.46. The van der Waals surface area contributed by atoms with E-state index in [1.54, 1.807) is 0 Å². The van der Waals surface area contributed by atoms with Crippen molar-refractivity contribution in [3.63, 3.8) is 0 Å². The zero-order valence-electron chi connectivity index (χ0n) is 23.9. The van der Waals surface area contributed by atoms with Gasteiger partial charge in [0.2, 0.25) is 0 Å². The normalized spacial score (nSPS) is 9.97. The van der Waals surface area contributed by atoms with Gasteiger partial charge in [-0.25, -0.2) is 0 Å². The molecule has 0 N–H and O–H groups in total. The van der Waals surface area contributed by atoms with Gasteiger partial charge in [-0.3, -0.25) is 0 Å². The van der Waals surface area contributed by atoms with Crippen LogP contribution in [0.5, 0.6) is 0 Å². The van der Waals surface area contributed by atoms with Gasteiger partial charge in [0.15, 0.2) is 0 Å². The Balaban J connectivity index is -0.000000513. The van der Waals surface area contributed by atoms with Gasteiger partial charge in [-0.15, -0.1) is 93.9 Å². The molecule has 0 heterocycles. The van der Waals surface area contributed by atoms with E-state index in [2.05, 4.69) is 123 Å². The molecule has 0 atom stereocenters. The van der Waals surface area contributed by atoms with E-state index in [4.69, 9.17) is 0 Å². The van der Waals surface area contributed by atoms with Crippen LogP contribution in [0.4, 0.5) is 0 Å². The fraction of sp³-hybridized carbons (Fsp3) is 0.375. The van der Waals surface area contributed by atoms with Crippen LogP contribution < -0.4 is 0 Å².